The van der Waals surface area contributed by atoms with E-state index in [-0.39, 0.29) is 16.4 Å². The van der Waals surface area contributed by atoms with E-state index in [0.717, 1.165) is 12.8 Å². The molecule has 3 rings (SSSR count). The SMILES string of the molecule is Cc1ccc(C(CCc2ccccc2)c2ccccc2)cc1.[OH].[OH].[OH]. The van der Waals surface area contributed by atoms with Gasteiger partial charge in [-0.1, -0.05) is 90.5 Å². The Kier molecular flexibility index (Phi) is 10.1. The zero-order valence-corrected chi connectivity index (χ0v) is 14.4. The highest BCUT2D eigenvalue weighted by atomic mass is 16.0. The molecule has 3 nitrogen and oxygen atoms in total. The average Bonchev–Trinajstić information content (AvgIpc) is 2.58. The lowest BCUT2D eigenvalue weighted by atomic mass is 9.86. The van der Waals surface area contributed by atoms with Crippen LogP contribution in [0.4, 0.5) is 0 Å². The largest absolute Gasteiger partial charge is 0.255 e. The monoisotopic (exact) mass is 337 g/mol. The van der Waals surface area contributed by atoms with Crippen LogP contribution in [0, 0.1) is 6.92 Å². The van der Waals surface area contributed by atoms with Crippen LogP contribution in [-0.4, -0.2) is 16.4 Å². The molecule has 0 aliphatic heterocycles. The van der Waals surface area contributed by atoms with E-state index in [1.165, 1.54) is 22.3 Å². The fourth-order valence-electron chi connectivity index (χ4n) is 2.97. The van der Waals surface area contributed by atoms with E-state index in [2.05, 4.69) is 91.9 Å². The molecule has 3 aromatic carbocycles. The highest BCUT2D eigenvalue weighted by molar-refractivity contribution is 5.34. The van der Waals surface area contributed by atoms with E-state index >= 15 is 0 Å². The molecule has 0 spiro atoms. The molecule has 3 N–H and O–H groups in total. The topological polar surface area (TPSA) is 90.0 Å². The van der Waals surface area contributed by atoms with Gasteiger partial charge in [0.05, 0.1) is 0 Å². The lowest BCUT2D eigenvalue weighted by molar-refractivity contribution is 0.715. The van der Waals surface area contributed by atoms with Crippen molar-refractivity contribution in [3.63, 3.8) is 0 Å². The van der Waals surface area contributed by atoms with E-state index in [9.17, 15) is 0 Å². The number of aryl methyl sites for hydroxylation is 2. The molecule has 131 valence electrons. The Balaban J connectivity index is 0.00000192. The summed E-state index contributed by atoms with van der Waals surface area (Å²) in [4.78, 5) is 0. The van der Waals surface area contributed by atoms with Crippen molar-refractivity contribution in [1.82, 2.24) is 0 Å². The second-order valence-corrected chi connectivity index (χ2v) is 5.90. The van der Waals surface area contributed by atoms with Gasteiger partial charge in [0.2, 0.25) is 0 Å². The predicted octanol–water partition coefficient (Wildman–Crippen LogP) is 5.23. The Morgan fingerprint density at radius 1 is 0.600 bits per heavy atom. The van der Waals surface area contributed by atoms with Crippen molar-refractivity contribution < 1.29 is 16.4 Å². The standard InChI is InChI=1S/C22H22.3HO/c1-18-12-15-21(16-13-18)22(20-10-6-3-7-11-20)17-14-19-8-4-2-5-9-19;;;/h2-13,15-16,22H,14,17H2,1H3;3*1H. The molecule has 0 heterocycles. The summed E-state index contributed by atoms with van der Waals surface area (Å²) in [5, 5.41) is 0. The van der Waals surface area contributed by atoms with Crippen LogP contribution in [0.1, 0.15) is 34.6 Å². The Bertz CT molecular complexity index is 694. The van der Waals surface area contributed by atoms with Crippen LogP contribution in [0.25, 0.3) is 0 Å². The third-order valence-electron chi connectivity index (χ3n) is 4.25. The second kappa shape index (κ2) is 11.2. The first-order chi connectivity index (χ1) is 10.8. The van der Waals surface area contributed by atoms with Gasteiger partial charge >= 0.3 is 0 Å². The molecule has 0 aliphatic carbocycles. The molecule has 0 aliphatic rings. The molecule has 0 fully saturated rings. The van der Waals surface area contributed by atoms with Crippen molar-refractivity contribution in [2.24, 2.45) is 0 Å². The van der Waals surface area contributed by atoms with Crippen LogP contribution in [0.15, 0.2) is 84.9 Å². The molecule has 1 unspecified atom stereocenters. The van der Waals surface area contributed by atoms with Crippen LogP contribution in [0.2, 0.25) is 0 Å². The lowest BCUT2D eigenvalue weighted by Crippen LogP contribution is -2.03. The molecule has 3 heteroatoms. The van der Waals surface area contributed by atoms with Gasteiger partial charge in [0, 0.05) is 5.92 Å². The summed E-state index contributed by atoms with van der Waals surface area (Å²) in [5.41, 5.74) is 5.55. The summed E-state index contributed by atoms with van der Waals surface area (Å²) >= 11 is 0. The smallest absolute Gasteiger partial charge is 0.00925 e. The zero-order chi connectivity index (χ0) is 15.2. The van der Waals surface area contributed by atoms with Crippen molar-refractivity contribution in [1.29, 1.82) is 0 Å². The maximum atomic E-state index is 2.28. The first-order valence-electron chi connectivity index (χ1n) is 7.98. The van der Waals surface area contributed by atoms with Gasteiger partial charge in [-0.15, -0.1) is 0 Å². The zero-order valence-electron chi connectivity index (χ0n) is 14.4. The lowest BCUT2D eigenvalue weighted by Gasteiger charge is -2.18. The highest BCUT2D eigenvalue weighted by Crippen LogP contribution is 2.29. The Labute approximate surface area is 149 Å². The molecule has 1 atom stereocenters. The molecule has 0 saturated carbocycles. The van der Waals surface area contributed by atoms with Crippen molar-refractivity contribution in [2.45, 2.75) is 25.7 Å². The van der Waals surface area contributed by atoms with Crippen molar-refractivity contribution in [2.75, 3.05) is 0 Å². The summed E-state index contributed by atoms with van der Waals surface area (Å²) in [5.74, 6) is 0.460. The summed E-state index contributed by atoms with van der Waals surface area (Å²) in [7, 11) is 0. The first kappa shape index (κ1) is 22.5. The molecular formula is C22H25O3. The van der Waals surface area contributed by atoms with Gasteiger partial charge in [0.15, 0.2) is 0 Å². The molecule has 3 aromatic rings. The van der Waals surface area contributed by atoms with E-state index in [1.807, 2.05) is 0 Å². The quantitative estimate of drug-likeness (QED) is 0.569. The number of benzene rings is 3. The number of rotatable bonds is 5. The van der Waals surface area contributed by atoms with Gasteiger partial charge in [-0.3, -0.25) is 16.4 Å². The van der Waals surface area contributed by atoms with Crippen molar-refractivity contribution in [3.8, 4) is 0 Å². The minimum absolute atomic E-state index is 0. The first-order valence-corrected chi connectivity index (χ1v) is 7.98. The van der Waals surface area contributed by atoms with Gasteiger partial charge in [0.25, 0.3) is 0 Å². The fraction of sp³-hybridized carbons (Fsp3) is 0.182. The van der Waals surface area contributed by atoms with Crippen LogP contribution in [-0.2, 0) is 6.42 Å². The molecule has 0 saturated heterocycles. The molecule has 3 radical (unpaired) electrons. The van der Waals surface area contributed by atoms with Crippen LogP contribution < -0.4 is 0 Å². The minimum atomic E-state index is 0. The molecule has 0 amide bonds. The maximum absolute atomic E-state index is 2.28. The summed E-state index contributed by atoms with van der Waals surface area (Å²) in [6.45, 7) is 2.14. The summed E-state index contributed by atoms with van der Waals surface area (Å²) in [6.07, 6.45) is 2.24. The number of hydrogen-bond donors (Lipinski definition) is 3. The van der Waals surface area contributed by atoms with Crippen LogP contribution in [0.5, 0.6) is 0 Å². The van der Waals surface area contributed by atoms with E-state index < -0.39 is 0 Å². The van der Waals surface area contributed by atoms with Crippen molar-refractivity contribution >= 4 is 0 Å². The summed E-state index contributed by atoms with van der Waals surface area (Å²) in [6, 6.07) is 30.6. The van der Waals surface area contributed by atoms with Crippen LogP contribution >= 0.6 is 0 Å². The van der Waals surface area contributed by atoms with Crippen LogP contribution in [0.3, 0.4) is 0 Å². The Hall–Kier alpha value is -2.46. The molecule has 0 aromatic heterocycles. The predicted molar refractivity (Wildman–Crippen MR) is 100 cm³/mol. The number of hydrogen-bond acceptors (Lipinski definition) is 0. The second-order valence-electron chi connectivity index (χ2n) is 5.90. The average molecular weight is 337 g/mol. The van der Waals surface area contributed by atoms with Crippen molar-refractivity contribution in [3.05, 3.63) is 107 Å². The maximum Gasteiger partial charge on any atom is 0.00925 e. The third kappa shape index (κ3) is 6.16. The minimum Gasteiger partial charge on any atom is -0.255 e. The van der Waals surface area contributed by atoms with Gasteiger partial charge in [-0.05, 0) is 36.5 Å². The Morgan fingerprint density at radius 2 is 1.08 bits per heavy atom. The van der Waals surface area contributed by atoms with Gasteiger partial charge in [-0.25, -0.2) is 0 Å². The normalized spacial score (nSPS) is 10.6. The van der Waals surface area contributed by atoms with E-state index in [4.69, 9.17) is 0 Å². The van der Waals surface area contributed by atoms with E-state index in [1.54, 1.807) is 0 Å². The Morgan fingerprint density at radius 3 is 1.64 bits per heavy atom. The molecule has 0 bridgehead atoms. The fourth-order valence-corrected chi connectivity index (χ4v) is 2.97. The summed E-state index contributed by atoms with van der Waals surface area (Å²) < 4.78 is 0. The third-order valence-corrected chi connectivity index (χ3v) is 4.25. The van der Waals surface area contributed by atoms with Gasteiger partial charge in [0.1, 0.15) is 0 Å². The van der Waals surface area contributed by atoms with Gasteiger partial charge in [-0.2, -0.15) is 0 Å². The molecule has 25 heavy (non-hydrogen) atoms. The molecular weight excluding hydrogens is 312 g/mol. The van der Waals surface area contributed by atoms with Gasteiger partial charge < -0.3 is 0 Å². The highest BCUT2D eigenvalue weighted by Gasteiger charge is 2.13. The van der Waals surface area contributed by atoms with E-state index in [0.29, 0.717) is 5.92 Å².